The van der Waals surface area contributed by atoms with Crippen LogP contribution in [-0.4, -0.2) is 38.8 Å². The highest BCUT2D eigenvalue weighted by molar-refractivity contribution is 7.99. The second-order valence-corrected chi connectivity index (χ2v) is 7.47. The van der Waals surface area contributed by atoms with E-state index in [9.17, 15) is 0 Å². The predicted octanol–water partition coefficient (Wildman–Crippen LogP) is 4.32. The number of rotatable bonds is 8. The van der Waals surface area contributed by atoms with Crippen LogP contribution in [0.15, 0.2) is 29.4 Å². The summed E-state index contributed by atoms with van der Waals surface area (Å²) in [5.74, 6) is 2.47. The van der Waals surface area contributed by atoms with Crippen LogP contribution >= 0.6 is 11.8 Å². The Morgan fingerprint density at radius 1 is 1.16 bits per heavy atom. The fourth-order valence-corrected chi connectivity index (χ4v) is 4.04. The molecule has 1 fully saturated rings. The van der Waals surface area contributed by atoms with E-state index in [1.807, 2.05) is 12.1 Å². The van der Waals surface area contributed by atoms with Gasteiger partial charge in [0.05, 0.1) is 13.2 Å². The average Bonchev–Trinajstić information content (AvgIpc) is 3.09. The Morgan fingerprint density at radius 2 is 1.92 bits per heavy atom. The van der Waals surface area contributed by atoms with Gasteiger partial charge >= 0.3 is 0 Å². The van der Waals surface area contributed by atoms with Gasteiger partial charge in [0.15, 0.2) is 11.0 Å². The van der Waals surface area contributed by atoms with Gasteiger partial charge in [0.2, 0.25) is 0 Å². The second kappa shape index (κ2) is 9.25. The van der Waals surface area contributed by atoms with Crippen molar-refractivity contribution in [2.24, 2.45) is 0 Å². The summed E-state index contributed by atoms with van der Waals surface area (Å²) < 4.78 is 7.97. The van der Waals surface area contributed by atoms with Gasteiger partial charge in [-0.3, -0.25) is 4.57 Å². The molecule has 25 heavy (non-hydrogen) atoms. The summed E-state index contributed by atoms with van der Waals surface area (Å²) in [6, 6.07) is 8.59. The monoisotopic (exact) mass is 361 g/mol. The molecule has 1 aliphatic carbocycles. The van der Waals surface area contributed by atoms with Crippen molar-refractivity contribution in [1.82, 2.24) is 14.8 Å². The standard InChI is InChI=1S/C19H27N3O2S/c1-2-13-24-17-10-8-15(9-11-17)18-20-21-19(25-14-12-23)22(18)16-6-4-3-5-7-16/h8-11,16,23H,2-7,12-14H2,1H3. The maximum Gasteiger partial charge on any atom is 0.191 e. The predicted molar refractivity (Wildman–Crippen MR) is 101 cm³/mol. The normalized spacial score (nSPS) is 15.4. The van der Waals surface area contributed by atoms with E-state index >= 15 is 0 Å². The molecule has 0 aliphatic heterocycles. The molecule has 0 atom stereocenters. The van der Waals surface area contributed by atoms with Crippen molar-refractivity contribution in [3.05, 3.63) is 24.3 Å². The summed E-state index contributed by atoms with van der Waals surface area (Å²) in [5.41, 5.74) is 1.07. The molecule has 5 nitrogen and oxygen atoms in total. The maximum absolute atomic E-state index is 9.16. The van der Waals surface area contributed by atoms with E-state index in [1.165, 1.54) is 32.1 Å². The van der Waals surface area contributed by atoms with Gasteiger partial charge in [-0.1, -0.05) is 37.9 Å². The summed E-state index contributed by atoms with van der Waals surface area (Å²) in [6.07, 6.45) is 7.19. The first-order valence-corrected chi connectivity index (χ1v) is 10.2. The van der Waals surface area contributed by atoms with Gasteiger partial charge in [-0.05, 0) is 43.5 Å². The first-order valence-electron chi connectivity index (χ1n) is 9.25. The Morgan fingerprint density at radius 3 is 2.60 bits per heavy atom. The van der Waals surface area contributed by atoms with E-state index in [-0.39, 0.29) is 6.61 Å². The molecule has 136 valence electrons. The summed E-state index contributed by atoms with van der Waals surface area (Å²) in [5, 5.41) is 19.0. The van der Waals surface area contributed by atoms with E-state index in [0.29, 0.717) is 11.8 Å². The number of thioether (sulfide) groups is 1. The van der Waals surface area contributed by atoms with Crippen LogP contribution in [-0.2, 0) is 0 Å². The van der Waals surface area contributed by atoms with Gasteiger partial charge in [0.1, 0.15) is 5.75 Å². The molecule has 0 spiro atoms. The highest BCUT2D eigenvalue weighted by Crippen LogP contribution is 2.35. The summed E-state index contributed by atoms with van der Waals surface area (Å²) in [6.45, 7) is 2.99. The molecular formula is C19H27N3O2S. The molecule has 1 aromatic heterocycles. The molecule has 1 aliphatic rings. The molecule has 0 unspecified atom stereocenters. The SMILES string of the molecule is CCCOc1ccc(-c2nnc(SCCO)n2C2CCCCC2)cc1. The zero-order chi connectivity index (χ0) is 17.5. The lowest BCUT2D eigenvalue weighted by atomic mass is 9.95. The van der Waals surface area contributed by atoms with Crippen molar-refractivity contribution in [1.29, 1.82) is 0 Å². The number of hydrogen-bond donors (Lipinski definition) is 1. The lowest BCUT2D eigenvalue weighted by molar-refractivity contribution is 0.317. The third kappa shape index (κ3) is 4.55. The number of aromatic nitrogens is 3. The molecule has 6 heteroatoms. The second-order valence-electron chi connectivity index (χ2n) is 6.41. The Labute approximate surface area is 153 Å². The van der Waals surface area contributed by atoms with Crippen molar-refractivity contribution in [2.45, 2.75) is 56.6 Å². The number of ether oxygens (including phenoxy) is 1. The van der Waals surface area contributed by atoms with Crippen LogP contribution in [0.25, 0.3) is 11.4 Å². The molecular weight excluding hydrogens is 334 g/mol. The van der Waals surface area contributed by atoms with E-state index in [1.54, 1.807) is 11.8 Å². The van der Waals surface area contributed by atoms with Gasteiger partial charge in [-0.15, -0.1) is 10.2 Å². The average molecular weight is 362 g/mol. The molecule has 1 heterocycles. The van der Waals surface area contributed by atoms with Gasteiger partial charge in [0.25, 0.3) is 0 Å². The van der Waals surface area contributed by atoms with Crippen LogP contribution in [0.5, 0.6) is 5.75 Å². The number of aliphatic hydroxyl groups excluding tert-OH is 1. The third-order valence-electron chi connectivity index (χ3n) is 4.51. The first kappa shape index (κ1) is 18.3. The quantitative estimate of drug-likeness (QED) is 0.709. The summed E-state index contributed by atoms with van der Waals surface area (Å²) >= 11 is 1.59. The Bertz CT molecular complexity index is 651. The minimum absolute atomic E-state index is 0.154. The number of nitrogens with zero attached hydrogens (tertiary/aromatic N) is 3. The first-order chi connectivity index (χ1) is 12.3. The highest BCUT2D eigenvalue weighted by atomic mass is 32.2. The maximum atomic E-state index is 9.16. The number of benzene rings is 1. The van der Waals surface area contributed by atoms with Crippen LogP contribution < -0.4 is 4.74 Å². The van der Waals surface area contributed by atoms with Crippen LogP contribution in [0, 0.1) is 0 Å². The van der Waals surface area contributed by atoms with Crippen molar-refractivity contribution < 1.29 is 9.84 Å². The van der Waals surface area contributed by atoms with Crippen molar-refractivity contribution >= 4 is 11.8 Å². The lowest BCUT2D eigenvalue weighted by Crippen LogP contribution is -2.15. The van der Waals surface area contributed by atoms with E-state index in [4.69, 9.17) is 9.84 Å². The fourth-order valence-electron chi connectivity index (χ4n) is 3.30. The molecule has 0 saturated heterocycles. The lowest BCUT2D eigenvalue weighted by Gasteiger charge is -2.25. The van der Waals surface area contributed by atoms with Gasteiger partial charge in [-0.25, -0.2) is 0 Å². The minimum atomic E-state index is 0.154. The van der Waals surface area contributed by atoms with Crippen LogP contribution in [0.2, 0.25) is 0 Å². The minimum Gasteiger partial charge on any atom is -0.494 e. The summed E-state index contributed by atoms with van der Waals surface area (Å²) in [7, 11) is 0. The van der Waals surface area contributed by atoms with Gasteiger partial charge < -0.3 is 9.84 Å². The molecule has 1 N–H and O–H groups in total. The van der Waals surface area contributed by atoms with E-state index in [0.717, 1.165) is 35.3 Å². The van der Waals surface area contributed by atoms with Crippen molar-refractivity contribution in [3.8, 4) is 17.1 Å². The molecule has 2 aromatic rings. The Balaban J connectivity index is 1.87. The third-order valence-corrected chi connectivity index (χ3v) is 5.44. The van der Waals surface area contributed by atoms with Crippen LogP contribution in [0.1, 0.15) is 51.5 Å². The van der Waals surface area contributed by atoms with Gasteiger partial charge in [-0.2, -0.15) is 0 Å². The topological polar surface area (TPSA) is 60.2 Å². The highest BCUT2D eigenvalue weighted by Gasteiger charge is 2.23. The van der Waals surface area contributed by atoms with E-state index < -0.39 is 0 Å². The smallest absolute Gasteiger partial charge is 0.191 e. The van der Waals surface area contributed by atoms with Crippen LogP contribution in [0.3, 0.4) is 0 Å². The van der Waals surface area contributed by atoms with E-state index in [2.05, 4.69) is 33.8 Å². The summed E-state index contributed by atoms with van der Waals surface area (Å²) in [4.78, 5) is 0. The molecule has 1 aromatic carbocycles. The number of hydrogen-bond acceptors (Lipinski definition) is 5. The molecule has 1 saturated carbocycles. The Hall–Kier alpha value is -1.53. The number of aliphatic hydroxyl groups is 1. The fraction of sp³-hybridized carbons (Fsp3) is 0.579. The molecule has 0 bridgehead atoms. The van der Waals surface area contributed by atoms with Crippen molar-refractivity contribution in [2.75, 3.05) is 19.0 Å². The van der Waals surface area contributed by atoms with Crippen molar-refractivity contribution in [3.63, 3.8) is 0 Å². The molecule has 0 amide bonds. The Kier molecular flexibility index (Phi) is 6.76. The molecule has 0 radical (unpaired) electrons. The van der Waals surface area contributed by atoms with Gasteiger partial charge in [0, 0.05) is 17.4 Å². The van der Waals surface area contributed by atoms with Crippen LogP contribution in [0.4, 0.5) is 0 Å². The zero-order valence-corrected chi connectivity index (χ0v) is 15.7. The molecule has 3 rings (SSSR count). The largest absolute Gasteiger partial charge is 0.494 e. The zero-order valence-electron chi connectivity index (χ0n) is 14.9.